The summed E-state index contributed by atoms with van der Waals surface area (Å²) in [4.78, 5) is 11.0. The maximum Gasteiger partial charge on any atom is 0.341 e. The van der Waals surface area contributed by atoms with Crippen LogP contribution in [0.15, 0.2) is 21.1 Å². The predicted octanol–water partition coefficient (Wildman–Crippen LogP) is 3.39. The molecule has 0 saturated heterocycles. The van der Waals surface area contributed by atoms with Crippen molar-refractivity contribution < 1.29 is 23.2 Å². The van der Waals surface area contributed by atoms with Crippen LogP contribution >= 0.6 is 15.9 Å². The Balaban J connectivity index is 2.78. The summed E-state index contributed by atoms with van der Waals surface area (Å²) < 4.78 is 32.2. The molecule has 0 spiro atoms. The molecule has 0 saturated carbocycles. The molecule has 94 valence electrons. The van der Waals surface area contributed by atoms with E-state index in [1.165, 1.54) is 13.0 Å². The average Bonchev–Trinajstić information content (AvgIpc) is 2.66. The largest absolute Gasteiger partial charge is 0.477 e. The molecule has 0 fully saturated rings. The highest BCUT2D eigenvalue weighted by Gasteiger charge is 2.26. The van der Waals surface area contributed by atoms with Gasteiger partial charge in [0.15, 0.2) is 0 Å². The summed E-state index contributed by atoms with van der Waals surface area (Å²) in [5.41, 5.74) is -1.25. The first-order valence-corrected chi connectivity index (χ1v) is 5.56. The van der Waals surface area contributed by atoms with Gasteiger partial charge in [-0.15, -0.1) is 0 Å². The highest BCUT2D eigenvalue weighted by Crippen LogP contribution is 2.33. The topological polar surface area (TPSA) is 63.3 Å². The number of halogens is 3. The van der Waals surface area contributed by atoms with Crippen molar-refractivity contribution in [3.63, 3.8) is 0 Å². The van der Waals surface area contributed by atoms with Crippen molar-refractivity contribution in [2.75, 3.05) is 0 Å². The van der Waals surface area contributed by atoms with Gasteiger partial charge in [0.1, 0.15) is 28.7 Å². The Bertz CT molecular complexity index is 639. The van der Waals surface area contributed by atoms with Crippen LogP contribution in [0.4, 0.5) is 8.78 Å². The molecular formula is C11H6BrF2NO3. The molecule has 0 aliphatic carbocycles. The lowest BCUT2D eigenvalue weighted by atomic mass is 10.1. The highest BCUT2D eigenvalue weighted by atomic mass is 79.9. The smallest absolute Gasteiger partial charge is 0.341 e. The van der Waals surface area contributed by atoms with Gasteiger partial charge in [0.25, 0.3) is 0 Å². The number of aromatic carboxylic acids is 1. The minimum atomic E-state index is -1.36. The normalized spacial score (nSPS) is 10.7. The number of hydrogen-bond acceptors (Lipinski definition) is 3. The van der Waals surface area contributed by atoms with Gasteiger partial charge >= 0.3 is 5.97 Å². The van der Waals surface area contributed by atoms with E-state index in [2.05, 4.69) is 25.6 Å². The van der Waals surface area contributed by atoms with E-state index < -0.39 is 23.2 Å². The molecule has 0 atom stereocenters. The maximum atomic E-state index is 13.8. The first kappa shape index (κ1) is 12.7. The van der Waals surface area contributed by atoms with Gasteiger partial charge in [0.05, 0.1) is 10.0 Å². The average molecular weight is 318 g/mol. The number of rotatable bonds is 2. The lowest BCUT2D eigenvalue weighted by molar-refractivity contribution is 0.0696. The van der Waals surface area contributed by atoms with Gasteiger partial charge < -0.3 is 9.63 Å². The Morgan fingerprint density at radius 2 is 2.11 bits per heavy atom. The van der Waals surface area contributed by atoms with Crippen molar-refractivity contribution in [1.82, 2.24) is 5.16 Å². The number of carbonyl (C=O) groups is 1. The fourth-order valence-corrected chi connectivity index (χ4v) is 1.87. The number of carboxylic acids is 1. The molecule has 1 aromatic carbocycles. The van der Waals surface area contributed by atoms with Crippen molar-refractivity contribution in [2.45, 2.75) is 6.92 Å². The summed E-state index contributed by atoms with van der Waals surface area (Å²) in [6, 6.07) is 2.19. The summed E-state index contributed by atoms with van der Waals surface area (Å²) in [5, 5.41) is 12.4. The number of hydrogen-bond donors (Lipinski definition) is 1. The van der Waals surface area contributed by atoms with Crippen molar-refractivity contribution in [3.05, 3.63) is 39.6 Å². The fourth-order valence-electron chi connectivity index (χ4n) is 1.54. The van der Waals surface area contributed by atoms with Crippen molar-refractivity contribution in [3.8, 4) is 11.3 Å². The number of aromatic nitrogens is 1. The van der Waals surface area contributed by atoms with Crippen LogP contribution in [0.5, 0.6) is 0 Å². The van der Waals surface area contributed by atoms with Crippen LogP contribution in [0.2, 0.25) is 0 Å². The zero-order chi connectivity index (χ0) is 13.4. The van der Waals surface area contributed by atoms with Gasteiger partial charge in [0.2, 0.25) is 0 Å². The second-order valence-corrected chi connectivity index (χ2v) is 4.34. The SMILES string of the molecule is Cc1onc(-c2c(F)ccc(Br)c2F)c1C(=O)O. The van der Waals surface area contributed by atoms with Gasteiger partial charge in [-0.25, -0.2) is 13.6 Å². The second-order valence-electron chi connectivity index (χ2n) is 3.49. The molecule has 1 heterocycles. The van der Waals surface area contributed by atoms with E-state index >= 15 is 0 Å². The van der Waals surface area contributed by atoms with Crippen LogP contribution < -0.4 is 0 Å². The van der Waals surface area contributed by atoms with E-state index in [4.69, 9.17) is 5.11 Å². The zero-order valence-corrected chi connectivity index (χ0v) is 10.6. The Morgan fingerprint density at radius 3 is 2.72 bits per heavy atom. The number of benzene rings is 1. The van der Waals surface area contributed by atoms with Gasteiger partial charge in [-0.3, -0.25) is 0 Å². The van der Waals surface area contributed by atoms with E-state index in [-0.39, 0.29) is 21.5 Å². The molecule has 0 unspecified atom stereocenters. The first-order chi connectivity index (χ1) is 8.43. The summed E-state index contributed by atoms with van der Waals surface area (Å²) >= 11 is 2.90. The van der Waals surface area contributed by atoms with Crippen LogP contribution in [0.25, 0.3) is 11.3 Å². The van der Waals surface area contributed by atoms with E-state index in [1.807, 2.05) is 0 Å². The van der Waals surface area contributed by atoms with Crippen LogP contribution in [-0.2, 0) is 0 Å². The summed E-state index contributed by atoms with van der Waals surface area (Å²) in [6.45, 7) is 1.35. The molecule has 2 rings (SSSR count). The minimum absolute atomic E-state index is 0.0101. The number of aryl methyl sites for hydroxylation is 1. The Morgan fingerprint density at radius 1 is 1.44 bits per heavy atom. The molecular weight excluding hydrogens is 312 g/mol. The third-order valence-corrected chi connectivity index (χ3v) is 2.97. The van der Waals surface area contributed by atoms with E-state index in [0.717, 1.165) is 6.07 Å². The van der Waals surface area contributed by atoms with E-state index in [1.54, 1.807) is 0 Å². The van der Waals surface area contributed by atoms with Gasteiger partial charge in [-0.1, -0.05) is 5.16 Å². The predicted molar refractivity (Wildman–Crippen MR) is 61.3 cm³/mol. The zero-order valence-electron chi connectivity index (χ0n) is 9.00. The molecule has 7 heteroatoms. The molecule has 2 aromatic rings. The number of nitrogens with zero attached hydrogens (tertiary/aromatic N) is 1. The third kappa shape index (κ3) is 1.90. The summed E-state index contributed by atoms with van der Waals surface area (Å²) in [5.74, 6) is -3.21. The Labute approximate surface area is 108 Å². The van der Waals surface area contributed by atoms with Crippen LogP contribution in [0.3, 0.4) is 0 Å². The lowest BCUT2D eigenvalue weighted by Crippen LogP contribution is -2.02. The molecule has 0 amide bonds. The molecule has 18 heavy (non-hydrogen) atoms. The van der Waals surface area contributed by atoms with Gasteiger partial charge in [-0.2, -0.15) is 0 Å². The second kappa shape index (κ2) is 4.49. The molecule has 0 aliphatic rings. The van der Waals surface area contributed by atoms with E-state index in [9.17, 15) is 13.6 Å². The van der Waals surface area contributed by atoms with Crippen molar-refractivity contribution in [1.29, 1.82) is 0 Å². The fraction of sp³-hybridized carbons (Fsp3) is 0.0909. The first-order valence-electron chi connectivity index (χ1n) is 4.77. The Kier molecular flexibility index (Phi) is 3.16. The van der Waals surface area contributed by atoms with Gasteiger partial charge in [-0.05, 0) is 35.0 Å². The van der Waals surface area contributed by atoms with Crippen LogP contribution in [-0.4, -0.2) is 16.2 Å². The quantitative estimate of drug-likeness (QED) is 0.862. The van der Waals surface area contributed by atoms with Gasteiger partial charge in [0, 0.05) is 0 Å². The monoisotopic (exact) mass is 317 g/mol. The third-order valence-electron chi connectivity index (χ3n) is 2.36. The maximum absolute atomic E-state index is 13.8. The molecule has 1 N–H and O–H groups in total. The summed E-state index contributed by atoms with van der Waals surface area (Å²) in [7, 11) is 0. The van der Waals surface area contributed by atoms with Crippen molar-refractivity contribution in [2.24, 2.45) is 0 Å². The molecule has 4 nitrogen and oxygen atoms in total. The molecule has 0 aliphatic heterocycles. The van der Waals surface area contributed by atoms with E-state index in [0.29, 0.717) is 0 Å². The highest BCUT2D eigenvalue weighted by molar-refractivity contribution is 9.10. The van der Waals surface area contributed by atoms with Crippen LogP contribution in [0, 0.1) is 18.6 Å². The summed E-state index contributed by atoms with van der Waals surface area (Å²) in [6.07, 6.45) is 0. The van der Waals surface area contributed by atoms with Crippen LogP contribution in [0.1, 0.15) is 16.1 Å². The molecule has 1 aromatic heterocycles. The molecule has 0 radical (unpaired) electrons. The lowest BCUT2D eigenvalue weighted by Gasteiger charge is -2.04. The standard InChI is InChI=1S/C11H6BrF2NO3/c1-4-7(11(16)17)10(15-18-4)8-6(13)3-2-5(12)9(8)14/h2-3H,1H3,(H,16,17). The van der Waals surface area contributed by atoms with Crippen molar-refractivity contribution >= 4 is 21.9 Å². The minimum Gasteiger partial charge on any atom is -0.477 e. The molecule has 0 bridgehead atoms. The Hall–Kier alpha value is -1.76. The number of carboxylic acid groups (broad SMARTS) is 1.